The van der Waals surface area contributed by atoms with Crippen molar-refractivity contribution in [1.82, 2.24) is 30.0 Å². The highest BCUT2D eigenvalue weighted by Gasteiger charge is 2.33. The number of nitrogens with zero attached hydrogens (tertiary/aromatic N) is 6. The molecule has 2 unspecified atom stereocenters. The predicted octanol–water partition coefficient (Wildman–Crippen LogP) is 2.18. The molecule has 2 aromatic rings. The smallest absolute Gasteiger partial charge is 0.173 e. The Kier molecular flexibility index (Phi) is 8.86. The number of hydrogen-bond donors (Lipinski definition) is 0. The summed E-state index contributed by atoms with van der Waals surface area (Å²) in [5.74, 6) is 2.38. The van der Waals surface area contributed by atoms with Crippen molar-refractivity contribution in [2.45, 2.75) is 31.5 Å². The molecule has 0 bridgehead atoms. The molecular weight excluding hydrogens is 432 g/mol. The number of piperazine rings is 1. The molecule has 0 aliphatic carbocycles. The highest BCUT2D eigenvalue weighted by atomic mass is 35.5. The minimum absolute atomic E-state index is 0. The van der Waals surface area contributed by atoms with Crippen molar-refractivity contribution in [3.05, 3.63) is 42.2 Å². The van der Waals surface area contributed by atoms with Gasteiger partial charge in [-0.15, -0.1) is 24.1 Å². The lowest BCUT2D eigenvalue weighted by molar-refractivity contribution is 0.0865. The third-order valence-corrected chi connectivity index (χ3v) is 6.10. The fourth-order valence-electron chi connectivity index (χ4n) is 4.46. The number of halogens is 1. The lowest BCUT2D eigenvalue weighted by Gasteiger charge is -2.39. The molecule has 9 nitrogen and oxygen atoms in total. The number of ether oxygens (including phenoxy) is 3. The minimum atomic E-state index is -0.146. The van der Waals surface area contributed by atoms with E-state index in [1.54, 1.807) is 14.2 Å². The molecule has 2 fully saturated rings. The van der Waals surface area contributed by atoms with Crippen LogP contribution in [-0.2, 0) is 11.3 Å². The molecule has 176 valence electrons. The molecule has 1 aromatic carbocycles. The molecule has 0 amide bonds. The van der Waals surface area contributed by atoms with E-state index in [2.05, 4.69) is 31.9 Å². The summed E-state index contributed by atoms with van der Waals surface area (Å²) in [6.07, 6.45) is 4.23. The summed E-state index contributed by atoms with van der Waals surface area (Å²) in [6, 6.07) is 5.75. The molecule has 0 saturated carbocycles. The van der Waals surface area contributed by atoms with Crippen molar-refractivity contribution in [2.75, 3.05) is 53.6 Å². The van der Waals surface area contributed by atoms with Gasteiger partial charge in [-0.3, -0.25) is 9.80 Å². The number of methoxy groups -OCH3 is 2. The van der Waals surface area contributed by atoms with Gasteiger partial charge in [0.25, 0.3) is 0 Å². The van der Waals surface area contributed by atoms with E-state index >= 15 is 0 Å². The second-order valence-electron chi connectivity index (χ2n) is 7.99. The van der Waals surface area contributed by atoms with Gasteiger partial charge in [-0.05, 0) is 41.5 Å². The SMILES string of the molecule is C=CCN1CCN(C(c2cc(OC)ccc2OC)c2nnnn2CC2CCCO2)CC1.Cl. The van der Waals surface area contributed by atoms with Crippen molar-refractivity contribution in [3.63, 3.8) is 0 Å². The largest absolute Gasteiger partial charge is 0.497 e. The highest BCUT2D eigenvalue weighted by Crippen LogP contribution is 2.37. The van der Waals surface area contributed by atoms with Crippen LogP contribution in [0.25, 0.3) is 0 Å². The van der Waals surface area contributed by atoms with E-state index in [1.807, 2.05) is 29.0 Å². The molecule has 2 aliphatic heterocycles. The lowest BCUT2D eigenvalue weighted by atomic mass is 10.0. The van der Waals surface area contributed by atoms with Crippen LogP contribution in [-0.4, -0.2) is 89.7 Å². The van der Waals surface area contributed by atoms with E-state index in [0.717, 1.165) is 75.1 Å². The average Bonchev–Trinajstić information content (AvgIpc) is 3.48. The molecule has 10 heteroatoms. The maximum atomic E-state index is 5.84. The Morgan fingerprint density at radius 3 is 2.69 bits per heavy atom. The van der Waals surface area contributed by atoms with Gasteiger partial charge < -0.3 is 14.2 Å². The number of tetrazole rings is 1. The summed E-state index contributed by atoms with van der Waals surface area (Å²) >= 11 is 0. The lowest BCUT2D eigenvalue weighted by Crippen LogP contribution is -2.48. The maximum absolute atomic E-state index is 5.84. The van der Waals surface area contributed by atoms with Crippen LogP contribution in [0, 0.1) is 0 Å². The Balaban J connectivity index is 0.00000289. The minimum Gasteiger partial charge on any atom is -0.497 e. The third-order valence-electron chi connectivity index (χ3n) is 6.10. The average molecular weight is 465 g/mol. The van der Waals surface area contributed by atoms with Gasteiger partial charge in [0, 0.05) is 44.9 Å². The second kappa shape index (κ2) is 11.6. The number of aromatic nitrogens is 4. The molecule has 0 N–H and O–H groups in total. The first-order valence-corrected chi connectivity index (χ1v) is 10.9. The van der Waals surface area contributed by atoms with Crippen molar-refractivity contribution in [3.8, 4) is 11.5 Å². The van der Waals surface area contributed by atoms with Crippen LogP contribution in [0.5, 0.6) is 11.5 Å². The van der Waals surface area contributed by atoms with Crippen LogP contribution in [0.4, 0.5) is 0 Å². The van der Waals surface area contributed by atoms with Gasteiger partial charge in [-0.25, -0.2) is 4.68 Å². The molecule has 2 saturated heterocycles. The van der Waals surface area contributed by atoms with E-state index in [1.165, 1.54) is 0 Å². The van der Waals surface area contributed by atoms with Crippen molar-refractivity contribution in [2.24, 2.45) is 0 Å². The summed E-state index contributed by atoms with van der Waals surface area (Å²) in [5.41, 5.74) is 1.00. The zero-order valence-corrected chi connectivity index (χ0v) is 19.7. The monoisotopic (exact) mass is 464 g/mol. The van der Waals surface area contributed by atoms with Crippen LogP contribution in [0.15, 0.2) is 30.9 Å². The van der Waals surface area contributed by atoms with Gasteiger partial charge in [-0.2, -0.15) is 0 Å². The molecule has 3 heterocycles. The maximum Gasteiger partial charge on any atom is 0.173 e. The van der Waals surface area contributed by atoms with Crippen LogP contribution >= 0.6 is 12.4 Å². The van der Waals surface area contributed by atoms with Crippen LogP contribution in [0.1, 0.15) is 30.3 Å². The molecule has 2 atom stereocenters. The summed E-state index contributed by atoms with van der Waals surface area (Å²) < 4.78 is 19.0. The van der Waals surface area contributed by atoms with E-state index < -0.39 is 0 Å². The van der Waals surface area contributed by atoms with Gasteiger partial charge in [-0.1, -0.05) is 6.08 Å². The first-order chi connectivity index (χ1) is 15.2. The highest BCUT2D eigenvalue weighted by molar-refractivity contribution is 5.85. The van der Waals surface area contributed by atoms with E-state index in [4.69, 9.17) is 14.2 Å². The number of benzene rings is 1. The van der Waals surface area contributed by atoms with E-state index in [-0.39, 0.29) is 24.6 Å². The predicted molar refractivity (Wildman–Crippen MR) is 124 cm³/mol. The van der Waals surface area contributed by atoms with Crippen molar-refractivity contribution < 1.29 is 14.2 Å². The Bertz CT molecular complexity index is 865. The Morgan fingerprint density at radius 2 is 2.03 bits per heavy atom. The summed E-state index contributed by atoms with van der Waals surface area (Å²) in [4.78, 5) is 4.83. The molecule has 0 radical (unpaired) electrons. The fourth-order valence-corrected chi connectivity index (χ4v) is 4.46. The first kappa shape index (κ1) is 24.4. The van der Waals surface area contributed by atoms with Gasteiger partial charge in [0.2, 0.25) is 0 Å². The van der Waals surface area contributed by atoms with Gasteiger partial charge in [0.05, 0.1) is 26.9 Å². The third kappa shape index (κ3) is 5.40. The molecular formula is C22H33ClN6O3. The Hall–Kier alpha value is -2.20. The van der Waals surface area contributed by atoms with Gasteiger partial charge in [0.15, 0.2) is 5.82 Å². The quantitative estimate of drug-likeness (QED) is 0.522. The van der Waals surface area contributed by atoms with Crippen molar-refractivity contribution in [1.29, 1.82) is 0 Å². The first-order valence-electron chi connectivity index (χ1n) is 10.9. The summed E-state index contributed by atoms with van der Waals surface area (Å²) in [5, 5.41) is 12.8. The van der Waals surface area contributed by atoms with Gasteiger partial charge >= 0.3 is 0 Å². The van der Waals surface area contributed by atoms with Crippen LogP contribution < -0.4 is 9.47 Å². The van der Waals surface area contributed by atoms with Crippen molar-refractivity contribution >= 4 is 12.4 Å². The van der Waals surface area contributed by atoms with Gasteiger partial charge in [0.1, 0.15) is 17.5 Å². The molecule has 2 aliphatic rings. The molecule has 4 rings (SSSR count). The summed E-state index contributed by atoms with van der Waals surface area (Å²) in [7, 11) is 3.37. The normalized spacial score (nSPS) is 20.5. The molecule has 1 aromatic heterocycles. The number of hydrogen-bond acceptors (Lipinski definition) is 8. The Labute approximate surface area is 195 Å². The second-order valence-corrected chi connectivity index (χ2v) is 7.99. The number of rotatable bonds is 9. The fraction of sp³-hybridized carbons (Fsp3) is 0.591. The zero-order chi connectivity index (χ0) is 21.6. The van der Waals surface area contributed by atoms with E-state index in [0.29, 0.717) is 6.54 Å². The van der Waals surface area contributed by atoms with Crippen LogP contribution in [0.3, 0.4) is 0 Å². The van der Waals surface area contributed by atoms with Crippen LogP contribution in [0.2, 0.25) is 0 Å². The van der Waals surface area contributed by atoms with E-state index in [9.17, 15) is 0 Å². The molecule has 32 heavy (non-hydrogen) atoms. The molecule has 0 spiro atoms. The summed E-state index contributed by atoms with van der Waals surface area (Å²) in [6.45, 7) is 9.94. The zero-order valence-electron chi connectivity index (χ0n) is 18.9. The standard InChI is InChI=1S/C22H32N6O3.ClH/c1-4-9-26-10-12-27(13-11-26)21(19-15-17(29-2)7-8-20(19)30-3)22-23-24-25-28(22)16-18-6-5-14-31-18;/h4,7-8,15,18,21H,1,5-6,9-14,16H2,2-3H3;1H. The topological polar surface area (TPSA) is 77.8 Å². The Morgan fingerprint density at radius 1 is 1.22 bits per heavy atom.